The lowest BCUT2D eigenvalue weighted by molar-refractivity contribution is -0.142. The minimum atomic E-state index is -0.593. The highest BCUT2D eigenvalue weighted by Gasteiger charge is 2.30. The van der Waals surface area contributed by atoms with E-state index in [1.54, 1.807) is 0 Å². The summed E-state index contributed by atoms with van der Waals surface area (Å²) in [6.45, 7) is 2.08. The summed E-state index contributed by atoms with van der Waals surface area (Å²) in [6.07, 6.45) is 4.15. The third kappa shape index (κ3) is 1.31. The second-order valence-electron chi connectivity index (χ2n) is 3.04. The average Bonchev–Trinajstić information content (AvgIpc) is 2.33. The highest BCUT2D eigenvalue weighted by atomic mass is 16.4. The smallest absolute Gasteiger partial charge is 0.306 e. The minimum absolute atomic E-state index is 0.0370. The van der Waals surface area contributed by atoms with E-state index in [1.807, 2.05) is 0 Å². The number of carbonyl (C=O) groups is 1. The molecule has 0 heterocycles. The van der Waals surface area contributed by atoms with Crippen molar-refractivity contribution in [3.63, 3.8) is 0 Å². The number of rotatable bonds is 2. The maximum absolute atomic E-state index is 10.6. The van der Waals surface area contributed by atoms with Gasteiger partial charge in [-0.15, -0.1) is 0 Å². The molecule has 1 aliphatic rings. The molecule has 0 amide bonds. The predicted molar refractivity (Wildman–Crippen MR) is 38.8 cm³/mol. The molecule has 0 aromatic heterocycles. The Morgan fingerprint density at radius 3 is 2.70 bits per heavy atom. The fraction of sp³-hybridized carbons (Fsp3) is 0.875. The Kier molecular flexibility index (Phi) is 2.30. The summed E-state index contributed by atoms with van der Waals surface area (Å²) in [7, 11) is 0. The number of hydrogen-bond acceptors (Lipinski definition) is 1. The first kappa shape index (κ1) is 7.58. The average molecular weight is 142 g/mol. The van der Waals surface area contributed by atoms with Crippen molar-refractivity contribution in [1.29, 1.82) is 0 Å². The molecule has 0 spiro atoms. The fourth-order valence-electron chi connectivity index (χ4n) is 1.85. The third-order valence-electron chi connectivity index (χ3n) is 2.50. The number of hydrogen-bond donors (Lipinski definition) is 1. The van der Waals surface area contributed by atoms with Crippen LogP contribution in [0.3, 0.4) is 0 Å². The van der Waals surface area contributed by atoms with Gasteiger partial charge in [-0.2, -0.15) is 0 Å². The second kappa shape index (κ2) is 3.04. The van der Waals surface area contributed by atoms with Crippen molar-refractivity contribution in [2.75, 3.05) is 0 Å². The Balaban J connectivity index is 2.50. The Bertz CT molecular complexity index is 131. The highest BCUT2D eigenvalue weighted by molar-refractivity contribution is 5.70. The summed E-state index contributed by atoms with van der Waals surface area (Å²) < 4.78 is 0. The second-order valence-corrected chi connectivity index (χ2v) is 3.04. The largest absolute Gasteiger partial charge is 0.481 e. The molecule has 1 aliphatic carbocycles. The van der Waals surface area contributed by atoms with E-state index in [1.165, 1.54) is 0 Å². The Labute approximate surface area is 61.2 Å². The van der Waals surface area contributed by atoms with E-state index < -0.39 is 5.97 Å². The molecule has 10 heavy (non-hydrogen) atoms. The van der Waals surface area contributed by atoms with Gasteiger partial charge in [0.2, 0.25) is 0 Å². The van der Waals surface area contributed by atoms with Gasteiger partial charge in [-0.05, 0) is 18.8 Å². The van der Waals surface area contributed by atoms with Crippen LogP contribution in [0.15, 0.2) is 0 Å². The van der Waals surface area contributed by atoms with Gasteiger partial charge in [-0.25, -0.2) is 0 Å². The van der Waals surface area contributed by atoms with Gasteiger partial charge < -0.3 is 5.11 Å². The van der Waals surface area contributed by atoms with Crippen LogP contribution in [0, 0.1) is 11.8 Å². The molecule has 0 aromatic carbocycles. The molecule has 0 aromatic rings. The van der Waals surface area contributed by atoms with Crippen molar-refractivity contribution < 1.29 is 9.90 Å². The molecule has 2 atom stereocenters. The molecule has 1 N–H and O–H groups in total. The van der Waals surface area contributed by atoms with Crippen LogP contribution < -0.4 is 0 Å². The van der Waals surface area contributed by atoms with Crippen molar-refractivity contribution in [1.82, 2.24) is 0 Å². The van der Waals surface area contributed by atoms with E-state index in [-0.39, 0.29) is 5.92 Å². The minimum Gasteiger partial charge on any atom is -0.481 e. The zero-order valence-corrected chi connectivity index (χ0v) is 6.34. The molecule has 1 fully saturated rings. The summed E-state index contributed by atoms with van der Waals surface area (Å²) in [5, 5.41) is 8.71. The van der Waals surface area contributed by atoms with Crippen LogP contribution in [-0.4, -0.2) is 11.1 Å². The van der Waals surface area contributed by atoms with Crippen LogP contribution in [0.4, 0.5) is 0 Å². The normalized spacial score (nSPS) is 32.5. The van der Waals surface area contributed by atoms with E-state index in [4.69, 9.17) is 5.11 Å². The summed E-state index contributed by atoms with van der Waals surface area (Å²) in [5.74, 6) is -0.174. The van der Waals surface area contributed by atoms with E-state index in [9.17, 15) is 4.79 Å². The molecule has 0 radical (unpaired) electrons. The van der Waals surface area contributed by atoms with Crippen LogP contribution in [0.2, 0.25) is 0 Å². The van der Waals surface area contributed by atoms with Crippen molar-refractivity contribution in [2.24, 2.45) is 11.8 Å². The zero-order chi connectivity index (χ0) is 7.56. The lowest BCUT2D eigenvalue weighted by atomic mass is 9.94. The van der Waals surface area contributed by atoms with E-state index >= 15 is 0 Å². The summed E-state index contributed by atoms with van der Waals surface area (Å²) >= 11 is 0. The molecular weight excluding hydrogens is 128 g/mol. The van der Waals surface area contributed by atoms with Gasteiger partial charge in [-0.3, -0.25) is 4.79 Å². The Morgan fingerprint density at radius 1 is 1.60 bits per heavy atom. The van der Waals surface area contributed by atoms with Crippen molar-refractivity contribution in [2.45, 2.75) is 32.6 Å². The van der Waals surface area contributed by atoms with E-state index in [2.05, 4.69) is 6.92 Å². The molecule has 2 heteroatoms. The molecule has 1 rings (SSSR count). The summed E-state index contributed by atoms with van der Waals surface area (Å²) in [5.41, 5.74) is 0. The molecule has 0 aliphatic heterocycles. The number of carboxylic acid groups (broad SMARTS) is 1. The van der Waals surface area contributed by atoms with Gasteiger partial charge >= 0.3 is 5.97 Å². The molecule has 58 valence electrons. The monoisotopic (exact) mass is 142 g/mol. The van der Waals surface area contributed by atoms with Crippen LogP contribution in [0.5, 0.6) is 0 Å². The van der Waals surface area contributed by atoms with Crippen LogP contribution in [-0.2, 0) is 4.79 Å². The Hall–Kier alpha value is -0.530. The number of aliphatic carboxylic acids is 1. The van der Waals surface area contributed by atoms with Gasteiger partial charge in [0, 0.05) is 0 Å². The van der Waals surface area contributed by atoms with Gasteiger partial charge in [0.25, 0.3) is 0 Å². The lowest BCUT2D eigenvalue weighted by Gasteiger charge is -2.11. The first-order valence-electron chi connectivity index (χ1n) is 3.98. The quantitative estimate of drug-likeness (QED) is 0.639. The number of carboxylic acids is 1. The summed E-state index contributed by atoms with van der Waals surface area (Å²) in [6, 6.07) is 0. The zero-order valence-electron chi connectivity index (χ0n) is 6.34. The molecule has 2 nitrogen and oxygen atoms in total. The topological polar surface area (TPSA) is 37.3 Å². The van der Waals surface area contributed by atoms with Gasteiger partial charge in [0.15, 0.2) is 0 Å². The van der Waals surface area contributed by atoms with Crippen molar-refractivity contribution >= 4 is 5.97 Å². The molecule has 0 unspecified atom stereocenters. The fourth-order valence-corrected chi connectivity index (χ4v) is 1.85. The van der Waals surface area contributed by atoms with Gasteiger partial charge in [0.1, 0.15) is 0 Å². The molecule has 0 bridgehead atoms. The molecular formula is C8H14O2. The maximum Gasteiger partial charge on any atom is 0.306 e. The van der Waals surface area contributed by atoms with Crippen LogP contribution >= 0.6 is 0 Å². The van der Waals surface area contributed by atoms with Crippen LogP contribution in [0.25, 0.3) is 0 Å². The van der Waals surface area contributed by atoms with Crippen molar-refractivity contribution in [3.05, 3.63) is 0 Å². The molecule has 1 saturated carbocycles. The summed E-state index contributed by atoms with van der Waals surface area (Å²) in [4.78, 5) is 10.6. The van der Waals surface area contributed by atoms with Crippen LogP contribution in [0.1, 0.15) is 32.6 Å². The lowest BCUT2D eigenvalue weighted by Crippen LogP contribution is -2.17. The third-order valence-corrected chi connectivity index (χ3v) is 2.50. The van der Waals surface area contributed by atoms with Gasteiger partial charge in [-0.1, -0.05) is 19.8 Å². The Morgan fingerprint density at radius 2 is 2.30 bits per heavy atom. The van der Waals surface area contributed by atoms with Gasteiger partial charge in [0.05, 0.1) is 5.92 Å². The highest BCUT2D eigenvalue weighted by Crippen LogP contribution is 2.33. The van der Waals surface area contributed by atoms with E-state index in [0.717, 1.165) is 25.7 Å². The van der Waals surface area contributed by atoms with E-state index in [0.29, 0.717) is 5.92 Å². The predicted octanol–water partition coefficient (Wildman–Crippen LogP) is 1.90. The van der Waals surface area contributed by atoms with Crippen molar-refractivity contribution in [3.8, 4) is 0 Å². The maximum atomic E-state index is 10.6. The SMILES string of the molecule is CC[C@H]1CCC[C@H]1C(=O)O. The first-order valence-corrected chi connectivity index (χ1v) is 3.98. The first-order chi connectivity index (χ1) is 4.75. The molecule has 0 saturated heterocycles. The standard InChI is InChI=1S/C8H14O2/c1-2-6-4-3-5-7(6)8(9)10/h6-7H,2-5H2,1H3,(H,9,10)/t6-,7+/m0/s1.